The van der Waals surface area contributed by atoms with Crippen molar-refractivity contribution in [1.29, 1.82) is 0 Å². The molecule has 7 heteroatoms. The summed E-state index contributed by atoms with van der Waals surface area (Å²) < 4.78 is 53.9. The largest absolute Gasteiger partial charge is 0.299 e. The molecule has 0 unspecified atom stereocenters. The first-order chi connectivity index (χ1) is 12.5. The molecule has 0 saturated carbocycles. The van der Waals surface area contributed by atoms with Crippen molar-refractivity contribution in [2.75, 3.05) is 13.1 Å². The number of piperidine rings is 1. The van der Waals surface area contributed by atoms with Gasteiger partial charge in [-0.2, -0.15) is 0 Å². The molecule has 1 heterocycles. The number of halogens is 2. The van der Waals surface area contributed by atoms with Gasteiger partial charge in [-0.1, -0.05) is 30.7 Å². The zero-order valence-electron chi connectivity index (χ0n) is 14.4. The van der Waals surface area contributed by atoms with Crippen LogP contribution < -0.4 is 4.72 Å². The molecule has 1 saturated heterocycles. The third kappa shape index (κ3) is 4.66. The molecule has 2 aromatic carbocycles. The molecule has 0 aliphatic carbocycles. The van der Waals surface area contributed by atoms with Crippen molar-refractivity contribution in [3.63, 3.8) is 0 Å². The van der Waals surface area contributed by atoms with Gasteiger partial charge in [0.25, 0.3) is 0 Å². The molecule has 1 aliphatic heterocycles. The zero-order valence-corrected chi connectivity index (χ0v) is 15.2. The number of rotatable bonds is 6. The lowest BCUT2D eigenvalue weighted by atomic mass is 10.1. The maximum absolute atomic E-state index is 13.8. The lowest BCUT2D eigenvalue weighted by Crippen LogP contribution is -2.30. The number of nitrogens with zero attached hydrogens (tertiary/aromatic N) is 1. The second-order valence-electron chi connectivity index (χ2n) is 6.50. The van der Waals surface area contributed by atoms with E-state index in [0.717, 1.165) is 42.9 Å². The molecule has 4 nitrogen and oxygen atoms in total. The van der Waals surface area contributed by atoms with Crippen LogP contribution in [0.15, 0.2) is 47.4 Å². The molecule has 0 atom stereocenters. The molecule has 140 valence electrons. The van der Waals surface area contributed by atoms with Crippen LogP contribution in [0.1, 0.15) is 30.4 Å². The fourth-order valence-electron chi connectivity index (χ4n) is 3.19. The molecular weight excluding hydrogens is 358 g/mol. The monoisotopic (exact) mass is 380 g/mol. The Morgan fingerprint density at radius 3 is 2.35 bits per heavy atom. The Bertz CT molecular complexity index is 866. The van der Waals surface area contributed by atoms with E-state index in [-0.39, 0.29) is 6.54 Å². The van der Waals surface area contributed by atoms with Crippen LogP contribution >= 0.6 is 0 Å². The number of likely N-dealkylation sites (tertiary alicyclic amines) is 1. The fraction of sp³-hybridized carbons (Fsp3) is 0.368. The van der Waals surface area contributed by atoms with Gasteiger partial charge in [0.05, 0.1) is 0 Å². The highest BCUT2D eigenvalue weighted by atomic mass is 32.2. The van der Waals surface area contributed by atoms with Crippen molar-refractivity contribution in [3.05, 3.63) is 65.2 Å². The van der Waals surface area contributed by atoms with E-state index in [1.54, 1.807) is 0 Å². The van der Waals surface area contributed by atoms with Gasteiger partial charge in [0.15, 0.2) is 0 Å². The van der Waals surface area contributed by atoms with Gasteiger partial charge in [-0.25, -0.2) is 21.9 Å². The molecule has 3 rings (SSSR count). The summed E-state index contributed by atoms with van der Waals surface area (Å²) in [7, 11) is -4.06. The summed E-state index contributed by atoms with van der Waals surface area (Å²) in [5.41, 5.74) is 1.90. The van der Waals surface area contributed by atoms with Crippen molar-refractivity contribution in [3.8, 4) is 0 Å². The summed E-state index contributed by atoms with van der Waals surface area (Å²) in [6, 6.07) is 10.1. The van der Waals surface area contributed by atoms with Crippen LogP contribution in [-0.2, 0) is 23.1 Å². The third-order valence-corrected chi connectivity index (χ3v) is 6.03. The first kappa shape index (κ1) is 18.9. The van der Waals surface area contributed by atoms with Gasteiger partial charge < -0.3 is 0 Å². The summed E-state index contributed by atoms with van der Waals surface area (Å²) in [5.74, 6) is -1.91. The van der Waals surface area contributed by atoms with E-state index in [0.29, 0.717) is 6.07 Å². The molecule has 0 spiro atoms. The van der Waals surface area contributed by atoms with E-state index in [9.17, 15) is 17.2 Å². The van der Waals surface area contributed by atoms with Gasteiger partial charge in [0.2, 0.25) is 10.0 Å². The van der Waals surface area contributed by atoms with Crippen LogP contribution in [0, 0.1) is 11.6 Å². The van der Waals surface area contributed by atoms with Gasteiger partial charge in [0, 0.05) is 19.2 Å². The minimum Gasteiger partial charge on any atom is -0.299 e. The van der Waals surface area contributed by atoms with Crippen molar-refractivity contribution in [1.82, 2.24) is 9.62 Å². The van der Waals surface area contributed by atoms with Crippen molar-refractivity contribution >= 4 is 10.0 Å². The number of hydrogen-bond acceptors (Lipinski definition) is 3. The summed E-state index contributed by atoms with van der Waals surface area (Å²) >= 11 is 0. The Balaban J connectivity index is 1.72. The third-order valence-electron chi connectivity index (χ3n) is 4.60. The van der Waals surface area contributed by atoms with Crippen LogP contribution in [0.25, 0.3) is 0 Å². The maximum atomic E-state index is 13.8. The first-order valence-electron chi connectivity index (χ1n) is 8.69. The van der Waals surface area contributed by atoms with Crippen LogP contribution in [0.5, 0.6) is 0 Å². The molecule has 1 aliphatic rings. The minimum atomic E-state index is -4.06. The molecule has 1 fully saturated rings. The van der Waals surface area contributed by atoms with Gasteiger partial charge in [0.1, 0.15) is 16.5 Å². The van der Waals surface area contributed by atoms with Gasteiger partial charge in [-0.05, 0) is 49.2 Å². The molecule has 0 amide bonds. The van der Waals surface area contributed by atoms with E-state index < -0.39 is 26.6 Å². The van der Waals surface area contributed by atoms with Gasteiger partial charge in [-0.3, -0.25) is 4.90 Å². The van der Waals surface area contributed by atoms with E-state index in [2.05, 4.69) is 9.62 Å². The molecule has 1 N–H and O–H groups in total. The van der Waals surface area contributed by atoms with E-state index >= 15 is 0 Å². The lowest BCUT2D eigenvalue weighted by Gasteiger charge is -2.27. The van der Waals surface area contributed by atoms with Gasteiger partial charge in [-0.15, -0.1) is 0 Å². The van der Waals surface area contributed by atoms with Crippen molar-refractivity contribution in [2.45, 2.75) is 37.2 Å². The second-order valence-corrected chi connectivity index (χ2v) is 8.24. The first-order valence-corrected chi connectivity index (χ1v) is 10.2. The lowest BCUT2D eigenvalue weighted by molar-refractivity contribution is 0.220. The van der Waals surface area contributed by atoms with E-state index in [1.165, 1.54) is 19.3 Å². The van der Waals surface area contributed by atoms with Crippen LogP contribution in [0.2, 0.25) is 0 Å². The topological polar surface area (TPSA) is 49.4 Å². The Labute approximate surface area is 152 Å². The molecule has 0 aromatic heterocycles. The fourth-order valence-corrected chi connectivity index (χ4v) is 4.25. The Morgan fingerprint density at radius 2 is 1.65 bits per heavy atom. The number of hydrogen-bond donors (Lipinski definition) is 1. The van der Waals surface area contributed by atoms with Crippen molar-refractivity contribution in [2.24, 2.45) is 0 Å². The number of benzene rings is 2. The average molecular weight is 380 g/mol. The highest BCUT2D eigenvalue weighted by Crippen LogP contribution is 2.18. The average Bonchev–Trinajstić information content (AvgIpc) is 2.61. The summed E-state index contributed by atoms with van der Waals surface area (Å²) in [6.45, 7) is 2.91. The smallest absolute Gasteiger partial charge is 0.243 e. The highest BCUT2D eigenvalue weighted by molar-refractivity contribution is 7.89. The number of sulfonamides is 1. The van der Waals surface area contributed by atoms with Crippen LogP contribution in [0.3, 0.4) is 0 Å². The molecule has 0 radical (unpaired) electrons. The quantitative estimate of drug-likeness (QED) is 0.835. The normalized spacial score (nSPS) is 15.9. The Hall–Kier alpha value is -1.83. The van der Waals surface area contributed by atoms with Crippen LogP contribution in [-0.4, -0.2) is 26.4 Å². The second kappa shape index (κ2) is 8.24. The minimum absolute atomic E-state index is 0.0587. The highest BCUT2D eigenvalue weighted by Gasteiger charge is 2.20. The molecule has 2 aromatic rings. The molecule has 0 bridgehead atoms. The standard InChI is InChI=1S/C19H22F2N2O2S/c20-17-8-9-19(18(21)12-17)26(24,25)22-13-15-6-2-3-7-16(15)14-23-10-4-1-5-11-23/h2-3,6-9,12,22H,1,4-5,10-11,13-14H2. The van der Waals surface area contributed by atoms with Crippen LogP contribution in [0.4, 0.5) is 8.78 Å². The molecular formula is C19H22F2N2O2S. The van der Waals surface area contributed by atoms with Crippen molar-refractivity contribution < 1.29 is 17.2 Å². The van der Waals surface area contributed by atoms with E-state index in [4.69, 9.17) is 0 Å². The summed E-state index contributed by atoms with van der Waals surface area (Å²) in [6.07, 6.45) is 3.61. The zero-order chi connectivity index (χ0) is 18.6. The van der Waals surface area contributed by atoms with E-state index in [1.807, 2.05) is 24.3 Å². The maximum Gasteiger partial charge on any atom is 0.243 e. The predicted octanol–water partition coefficient (Wildman–Crippen LogP) is 3.43. The molecule has 26 heavy (non-hydrogen) atoms. The SMILES string of the molecule is O=S(=O)(NCc1ccccc1CN1CCCCC1)c1ccc(F)cc1F. The Morgan fingerprint density at radius 1 is 0.962 bits per heavy atom. The summed E-state index contributed by atoms with van der Waals surface area (Å²) in [5, 5.41) is 0. The van der Waals surface area contributed by atoms with Gasteiger partial charge >= 0.3 is 0 Å². The predicted molar refractivity (Wildman–Crippen MR) is 96.0 cm³/mol. The number of nitrogens with one attached hydrogen (secondary N) is 1. The Kier molecular flexibility index (Phi) is 6.01. The summed E-state index contributed by atoms with van der Waals surface area (Å²) in [4.78, 5) is 1.81.